The van der Waals surface area contributed by atoms with Crippen LogP contribution in [0.5, 0.6) is 5.75 Å². The molecule has 0 heterocycles. The molecule has 0 aliphatic rings. The molecule has 0 fully saturated rings. The second-order valence-electron chi connectivity index (χ2n) is 4.17. The summed E-state index contributed by atoms with van der Waals surface area (Å²) in [5, 5.41) is 0.310. The molecule has 2 aromatic rings. The standard InChI is InChI=1S/C16H12ClF2NO/c17-13-5-3-12(15(18)8-13)10-21-14-6-4-11(2-1-7-20)16(19)9-14/h3-6,8-9H,7,10,20H2. The maximum atomic E-state index is 13.7. The summed E-state index contributed by atoms with van der Waals surface area (Å²) in [6.45, 7) is 0.143. The number of hydrogen-bond donors (Lipinski definition) is 1. The van der Waals surface area contributed by atoms with Crippen LogP contribution in [0.2, 0.25) is 5.02 Å². The van der Waals surface area contributed by atoms with Crippen LogP contribution in [0, 0.1) is 23.5 Å². The molecule has 0 saturated heterocycles. The SMILES string of the molecule is NCC#Cc1ccc(OCc2ccc(Cl)cc2F)cc1F. The van der Waals surface area contributed by atoms with E-state index in [2.05, 4.69) is 11.8 Å². The van der Waals surface area contributed by atoms with E-state index in [1.165, 1.54) is 24.3 Å². The van der Waals surface area contributed by atoms with E-state index in [4.69, 9.17) is 22.1 Å². The van der Waals surface area contributed by atoms with E-state index >= 15 is 0 Å². The number of ether oxygens (including phenoxy) is 1. The zero-order valence-electron chi connectivity index (χ0n) is 11.0. The summed E-state index contributed by atoms with van der Waals surface area (Å²) in [7, 11) is 0. The van der Waals surface area contributed by atoms with Gasteiger partial charge in [0.05, 0.1) is 12.1 Å². The van der Waals surface area contributed by atoms with Crippen LogP contribution in [-0.4, -0.2) is 6.54 Å². The van der Waals surface area contributed by atoms with Crippen molar-refractivity contribution in [3.63, 3.8) is 0 Å². The molecule has 0 amide bonds. The predicted octanol–water partition coefficient (Wildman–Crippen LogP) is 3.51. The second-order valence-corrected chi connectivity index (χ2v) is 4.61. The maximum Gasteiger partial charge on any atom is 0.142 e. The fraction of sp³-hybridized carbons (Fsp3) is 0.125. The summed E-state index contributed by atoms with van der Waals surface area (Å²) in [5.74, 6) is 4.50. The molecule has 2 rings (SSSR count). The molecule has 2 aromatic carbocycles. The average molecular weight is 308 g/mol. The highest BCUT2D eigenvalue weighted by Crippen LogP contribution is 2.19. The van der Waals surface area contributed by atoms with Gasteiger partial charge in [-0.1, -0.05) is 29.5 Å². The van der Waals surface area contributed by atoms with Crippen molar-refractivity contribution >= 4 is 11.6 Å². The van der Waals surface area contributed by atoms with Gasteiger partial charge in [-0.3, -0.25) is 0 Å². The fourth-order valence-electron chi connectivity index (χ4n) is 1.63. The fourth-order valence-corrected chi connectivity index (χ4v) is 1.79. The third-order valence-corrected chi connectivity index (χ3v) is 2.91. The van der Waals surface area contributed by atoms with Gasteiger partial charge in [-0.05, 0) is 24.3 Å². The van der Waals surface area contributed by atoms with E-state index in [1.54, 1.807) is 12.1 Å². The lowest BCUT2D eigenvalue weighted by molar-refractivity contribution is 0.298. The summed E-state index contributed by atoms with van der Waals surface area (Å²) in [6, 6.07) is 8.55. The smallest absolute Gasteiger partial charge is 0.142 e. The first-order valence-electron chi connectivity index (χ1n) is 6.15. The van der Waals surface area contributed by atoms with Crippen molar-refractivity contribution in [3.05, 3.63) is 64.2 Å². The zero-order valence-corrected chi connectivity index (χ0v) is 11.8. The van der Waals surface area contributed by atoms with E-state index in [0.29, 0.717) is 16.3 Å². The van der Waals surface area contributed by atoms with Gasteiger partial charge in [0.1, 0.15) is 24.0 Å². The molecule has 0 radical (unpaired) electrons. The van der Waals surface area contributed by atoms with Crippen LogP contribution < -0.4 is 10.5 Å². The highest BCUT2D eigenvalue weighted by molar-refractivity contribution is 6.30. The molecular formula is C16H12ClF2NO. The largest absolute Gasteiger partial charge is 0.489 e. The zero-order chi connectivity index (χ0) is 15.2. The second kappa shape index (κ2) is 7.07. The Kier molecular flexibility index (Phi) is 5.15. The van der Waals surface area contributed by atoms with Crippen molar-refractivity contribution in [2.75, 3.05) is 6.54 Å². The molecule has 108 valence electrons. The third kappa shape index (κ3) is 4.19. The van der Waals surface area contributed by atoms with Crippen molar-refractivity contribution in [1.29, 1.82) is 0 Å². The number of halogens is 3. The molecule has 5 heteroatoms. The molecule has 0 aromatic heterocycles. The summed E-state index contributed by atoms with van der Waals surface area (Å²) < 4.78 is 32.6. The number of nitrogens with two attached hydrogens (primary N) is 1. The average Bonchev–Trinajstić information content (AvgIpc) is 2.45. The van der Waals surface area contributed by atoms with Crippen molar-refractivity contribution < 1.29 is 13.5 Å². The van der Waals surface area contributed by atoms with Crippen molar-refractivity contribution in [2.45, 2.75) is 6.61 Å². The van der Waals surface area contributed by atoms with Crippen LogP contribution in [-0.2, 0) is 6.61 Å². The van der Waals surface area contributed by atoms with E-state index in [0.717, 1.165) is 0 Å². The minimum absolute atomic E-state index is 0.0176. The molecule has 2 N–H and O–H groups in total. The van der Waals surface area contributed by atoms with Gasteiger partial charge in [0.2, 0.25) is 0 Å². The van der Waals surface area contributed by atoms with E-state index in [9.17, 15) is 8.78 Å². The molecule has 2 nitrogen and oxygen atoms in total. The third-order valence-electron chi connectivity index (χ3n) is 2.68. The minimum Gasteiger partial charge on any atom is -0.489 e. The van der Waals surface area contributed by atoms with Gasteiger partial charge < -0.3 is 10.5 Å². The molecule has 0 saturated carbocycles. The summed E-state index contributed by atoms with van der Waals surface area (Å²) in [6.07, 6.45) is 0. The molecule has 0 aliphatic carbocycles. The quantitative estimate of drug-likeness (QED) is 0.881. The van der Waals surface area contributed by atoms with Gasteiger partial charge in [-0.2, -0.15) is 0 Å². The van der Waals surface area contributed by atoms with Gasteiger partial charge in [0.25, 0.3) is 0 Å². The molecule has 21 heavy (non-hydrogen) atoms. The Labute approximate surface area is 126 Å². The van der Waals surface area contributed by atoms with Gasteiger partial charge in [0, 0.05) is 16.7 Å². The Hall–Kier alpha value is -2.09. The first kappa shape index (κ1) is 15.3. The summed E-state index contributed by atoms with van der Waals surface area (Å²) in [5.41, 5.74) is 5.81. The number of rotatable bonds is 3. The highest BCUT2D eigenvalue weighted by Gasteiger charge is 2.06. The lowest BCUT2D eigenvalue weighted by atomic mass is 10.2. The lowest BCUT2D eigenvalue weighted by Crippen LogP contribution is -1.99. The van der Waals surface area contributed by atoms with Crippen molar-refractivity contribution in [2.24, 2.45) is 5.73 Å². The Bertz CT molecular complexity index is 707. The van der Waals surface area contributed by atoms with Crippen LogP contribution in [0.15, 0.2) is 36.4 Å². The highest BCUT2D eigenvalue weighted by atomic mass is 35.5. The summed E-state index contributed by atoms with van der Waals surface area (Å²) >= 11 is 5.66. The van der Waals surface area contributed by atoms with Crippen LogP contribution in [0.1, 0.15) is 11.1 Å². The van der Waals surface area contributed by atoms with E-state index in [-0.39, 0.29) is 18.7 Å². The van der Waals surface area contributed by atoms with Gasteiger partial charge in [-0.25, -0.2) is 8.78 Å². The predicted molar refractivity (Wildman–Crippen MR) is 78.1 cm³/mol. The van der Waals surface area contributed by atoms with E-state index in [1.807, 2.05) is 0 Å². The Morgan fingerprint density at radius 1 is 1.10 bits per heavy atom. The molecule has 0 unspecified atom stereocenters. The monoisotopic (exact) mass is 307 g/mol. The minimum atomic E-state index is -0.509. The molecule has 0 spiro atoms. The molecule has 0 aliphatic heterocycles. The molecule has 0 atom stereocenters. The van der Waals surface area contributed by atoms with Crippen molar-refractivity contribution in [3.8, 4) is 17.6 Å². The van der Waals surface area contributed by atoms with Crippen LogP contribution in [0.25, 0.3) is 0 Å². The molecular weight excluding hydrogens is 296 g/mol. The van der Waals surface area contributed by atoms with Gasteiger partial charge in [-0.15, -0.1) is 0 Å². The van der Waals surface area contributed by atoms with Gasteiger partial charge in [0.15, 0.2) is 0 Å². The molecule has 0 bridgehead atoms. The maximum absolute atomic E-state index is 13.7. The lowest BCUT2D eigenvalue weighted by Gasteiger charge is -2.08. The topological polar surface area (TPSA) is 35.2 Å². The van der Waals surface area contributed by atoms with E-state index < -0.39 is 11.6 Å². The summed E-state index contributed by atoms with van der Waals surface area (Å²) in [4.78, 5) is 0. The first-order valence-corrected chi connectivity index (χ1v) is 6.53. The first-order chi connectivity index (χ1) is 10.1. The number of benzene rings is 2. The Balaban J connectivity index is 2.08. The Morgan fingerprint density at radius 2 is 1.90 bits per heavy atom. The van der Waals surface area contributed by atoms with Crippen LogP contribution >= 0.6 is 11.6 Å². The van der Waals surface area contributed by atoms with Crippen LogP contribution in [0.4, 0.5) is 8.78 Å². The normalized spacial score (nSPS) is 9.90. The Morgan fingerprint density at radius 3 is 2.57 bits per heavy atom. The van der Waals surface area contributed by atoms with Gasteiger partial charge >= 0.3 is 0 Å². The van der Waals surface area contributed by atoms with Crippen molar-refractivity contribution in [1.82, 2.24) is 0 Å². The van der Waals surface area contributed by atoms with Crippen LogP contribution in [0.3, 0.4) is 0 Å². The number of hydrogen-bond acceptors (Lipinski definition) is 2.